The number of fused-ring (bicyclic) bond motifs is 1. The number of anilines is 1. The molecule has 0 aliphatic rings. The summed E-state index contributed by atoms with van der Waals surface area (Å²) in [6.07, 6.45) is 1.59. The van der Waals surface area contributed by atoms with Gasteiger partial charge in [0.2, 0.25) is 5.13 Å². The third-order valence-corrected chi connectivity index (χ3v) is 6.89. The van der Waals surface area contributed by atoms with E-state index < -0.39 is 17.1 Å². The van der Waals surface area contributed by atoms with Crippen molar-refractivity contribution in [1.82, 2.24) is 25.0 Å². The maximum absolute atomic E-state index is 14.1. The molecule has 1 N–H and O–H groups in total. The highest BCUT2D eigenvalue weighted by Crippen LogP contribution is 2.25. The van der Waals surface area contributed by atoms with Crippen LogP contribution in [-0.2, 0) is 17.7 Å². The van der Waals surface area contributed by atoms with E-state index in [-0.39, 0.29) is 28.4 Å². The largest absolute Gasteiger partial charge is 0.609 e. The fourth-order valence-corrected chi connectivity index (χ4v) is 4.91. The summed E-state index contributed by atoms with van der Waals surface area (Å²) in [5, 5.41) is 15.4. The molecular weight excluding hydrogens is 427 g/mol. The lowest BCUT2D eigenvalue weighted by Gasteiger charge is -2.08. The van der Waals surface area contributed by atoms with Crippen molar-refractivity contribution in [2.24, 2.45) is 0 Å². The van der Waals surface area contributed by atoms with Gasteiger partial charge in [-0.3, -0.25) is 10.1 Å². The Balaban J connectivity index is 1.63. The van der Waals surface area contributed by atoms with Gasteiger partial charge in [0.15, 0.2) is 11.3 Å². The van der Waals surface area contributed by atoms with Gasteiger partial charge in [0.25, 0.3) is 5.91 Å². The van der Waals surface area contributed by atoms with Crippen molar-refractivity contribution < 1.29 is 13.7 Å². The molecule has 4 rings (SSSR count). The molecule has 4 aromatic rings. The molecule has 0 radical (unpaired) electrons. The zero-order valence-electron chi connectivity index (χ0n) is 16.1. The Morgan fingerprint density at radius 3 is 2.83 bits per heavy atom. The number of carbonyl (C=O) groups is 1. The van der Waals surface area contributed by atoms with E-state index in [4.69, 9.17) is 0 Å². The topological polar surface area (TPSA) is 109 Å². The number of carbonyl (C=O) groups excluding carboxylic acids is 1. The van der Waals surface area contributed by atoms with Gasteiger partial charge in [0.05, 0.1) is 11.9 Å². The second-order valence-corrected chi connectivity index (χ2v) is 9.81. The Bertz CT molecular complexity index is 1210. The number of halogens is 1. The van der Waals surface area contributed by atoms with Crippen LogP contribution in [0.1, 0.15) is 29.9 Å². The van der Waals surface area contributed by atoms with E-state index in [0.717, 1.165) is 11.3 Å². The predicted octanol–water partition coefficient (Wildman–Crippen LogP) is 3.24. The number of amides is 1. The van der Waals surface area contributed by atoms with Crippen LogP contribution in [0.3, 0.4) is 0 Å². The van der Waals surface area contributed by atoms with Crippen LogP contribution in [-0.4, -0.2) is 40.7 Å². The minimum atomic E-state index is -1.29. The first kappa shape index (κ1) is 20.4. The maximum Gasteiger partial charge on any atom is 0.323 e. The van der Waals surface area contributed by atoms with Crippen LogP contribution in [0, 0.1) is 5.82 Å². The summed E-state index contributed by atoms with van der Waals surface area (Å²) in [7, 11) is 0. The SMILES string of the molecule is CC(C)[S+]([O-])c1nnc(NC(=O)c2nn(Cc3ccccc3F)c3ncccc23)s1. The van der Waals surface area contributed by atoms with Gasteiger partial charge in [0.1, 0.15) is 11.1 Å². The summed E-state index contributed by atoms with van der Waals surface area (Å²) >= 11 is -0.233. The lowest BCUT2D eigenvalue weighted by molar-refractivity contribution is 0.102. The van der Waals surface area contributed by atoms with Crippen LogP contribution in [0.5, 0.6) is 0 Å². The minimum absolute atomic E-state index is 0.106. The Morgan fingerprint density at radius 2 is 2.07 bits per heavy atom. The van der Waals surface area contributed by atoms with Crippen molar-refractivity contribution >= 4 is 44.6 Å². The van der Waals surface area contributed by atoms with Gasteiger partial charge in [-0.15, -0.1) is 5.10 Å². The minimum Gasteiger partial charge on any atom is -0.609 e. The van der Waals surface area contributed by atoms with Gasteiger partial charge in [-0.2, -0.15) is 5.10 Å². The fraction of sp³-hybridized carbons (Fsp3) is 0.211. The van der Waals surface area contributed by atoms with E-state index >= 15 is 0 Å². The second kappa shape index (κ2) is 8.46. The smallest absolute Gasteiger partial charge is 0.323 e. The van der Waals surface area contributed by atoms with Gasteiger partial charge in [0, 0.05) is 22.9 Å². The lowest BCUT2D eigenvalue weighted by Crippen LogP contribution is -2.14. The molecule has 1 unspecified atom stereocenters. The van der Waals surface area contributed by atoms with Gasteiger partial charge >= 0.3 is 4.34 Å². The molecule has 0 spiro atoms. The molecule has 30 heavy (non-hydrogen) atoms. The number of nitrogens with one attached hydrogen (secondary N) is 1. The summed E-state index contributed by atoms with van der Waals surface area (Å²) in [6.45, 7) is 3.76. The first-order valence-electron chi connectivity index (χ1n) is 9.04. The first-order chi connectivity index (χ1) is 14.4. The van der Waals surface area contributed by atoms with Crippen molar-refractivity contribution in [3.63, 3.8) is 0 Å². The van der Waals surface area contributed by atoms with E-state index in [2.05, 4.69) is 25.6 Å². The van der Waals surface area contributed by atoms with Crippen molar-refractivity contribution in [1.29, 1.82) is 0 Å². The molecule has 0 saturated heterocycles. The number of nitrogens with zero attached hydrogens (tertiary/aromatic N) is 5. The molecule has 1 atom stereocenters. The van der Waals surface area contributed by atoms with Gasteiger partial charge in [-0.05, 0) is 43.4 Å². The van der Waals surface area contributed by atoms with Crippen LogP contribution in [0.2, 0.25) is 0 Å². The number of hydrogen-bond acceptors (Lipinski definition) is 7. The second-order valence-electron chi connectivity index (χ2n) is 6.65. The van der Waals surface area contributed by atoms with E-state index in [1.54, 1.807) is 36.5 Å². The van der Waals surface area contributed by atoms with Crippen molar-refractivity contribution in [2.45, 2.75) is 30.0 Å². The Labute approximate surface area is 178 Å². The average molecular weight is 445 g/mol. The molecule has 0 fully saturated rings. The van der Waals surface area contributed by atoms with Crippen LogP contribution in [0.4, 0.5) is 9.52 Å². The standard InChI is InChI=1S/C19H17FN6O2S2/c1-11(2)30(28)19-24-23-18(29-19)22-17(27)15-13-7-5-9-21-16(13)26(25-15)10-12-6-3-4-8-14(12)20/h3-9,11H,10H2,1-2H3,(H,22,23,27). The molecule has 0 aliphatic heterocycles. The molecule has 0 saturated carbocycles. The van der Waals surface area contributed by atoms with Crippen LogP contribution in [0.15, 0.2) is 46.9 Å². The lowest BCUT2D eigenvalue weighted by atomic mass is 10.2. The zero-order valence-corrected chi connectivity index (χ0v) is 17.7. The molecule has 154 valence electrons. The molecule has 1 aromatic carbocycles. The number of rotatable bonds is 6. The van der Waals surface area contributed by atoms with Crippen LogP contribution < -0.4 is 5.32 Å². The van der Waals surface area contributed by atoms with Crippen LogP contribution in [0.25, 0.3) is 11.0 Å². The highest BCUT2D eigenvalue weighted by molar-refractivity contribution is 7.93. The highest BCUT2D eigenvalue weighted by Gasteiger charge is 2.24. The highest BCUT2D eigenvalue weighted by atomic mass is 32.2. The normalized spacial score (nSPS) is 12.4. The van der Waals surface area contributed by atoms with E-state index in [1.807, 2.05) is 13.8 Å². The van der Waals surface area contributed by atoms with Crippen molar-refractivity contribution in [3.05, 3.63) is 59.7 Å². The summed E-state index contributed by atoms with van der Waals surface area (Å²) in [6, 6.07) is 9.79. The summed E-state index contributed by atoms with van der Waals surface area (Å²) in [4.78, 5) is 17.1. The van der Waals surface area contributed by atoms with E-state index in [9.17, 15) is 13.7 Å². The number of benzene rings is 1. The Kier molecular flexibility index (Phi) is 5.75. The van der Waals surface area contributed by atoms with E-state index in [0.29, 0.717) is 20.9 Å². The maximum atomic E-state index is 14.1. The van der Waals surface area contributed by atoms with E-state index in [1.165, 1.54) is 10.7 Å². The van der Waals surface area contributed by atoms with Crippen molar-refractivity contribution in [2.75, 3.05) is 5.32 Å². The number of aromatic nitrogens is 5. The van der Waals surface area contributed by atoms with Gasteiger partial charge < -0.3 is 4.55 Å². The monoisotopic (exact) mass is 444 g/mol. The summed E-state index contributed by atoms with van der Waals surface area (Å²) < 4.78 is 28.0. The third-order valence-electron chi connectivity index (χ3n) is 4.23. The fourth-order valence-electron chi connectivity index (χ4n) is 2.77. The number of hydrogen-bond donors (Lipinski definition) is 1. The molecule has 1 amide bonds. The quantitative estimate of drug-likeness (QED) is 0.361. The molecule has 0 aliphatic carbocycles. The molecule has 0 bridgehead atoms. The van der Waals surface area contributed by atoms with Gasteiger partial charge in [-0.25, -0.2) is 14.1 Å². The third kappa shape index (κ3) is 4.04. The summed E-state index contributed by atoms with van der Waals surface area (Å²) in [5.74, 6) is -0.860. The molecular formula is C19H17FN6O2S2. The molecule has 11 heteroatoms. The van der Waals surface area contributed by atoms with Crippen LogP contribution >= 0.6 is 11.3 Å². The van der Waals surface area contributed by atoms with Crippen molar-refractivity contribution in [3.8, 4) is 0 Å². The Morgan fingerprint density at radius 1 is 1.27 bits per heavy atom. The summed E-state index contributed by atoms with van der Waals surface area (Å²) in [5.41, 5.74) is 1.03. The molecule has 3 heterocycles. The first-order valence-corrected chi connectivity index (χ1v) is 11.1. The molecule has 8 nitrogen and oxygen atoms in total. The Hall–Kier alpha value is -2.89. The number of pyridine rings is 1. The van der Waals surface area contributed by atoms with Gasteiger partial charge in [-0.1, -0.05) is 23.3 Å². The zero-order chi connectivity index (χ0) is 21.3. The molecule has 3 aromatic heterocycles. The average Bonchev–Trinajstić information content (AvgIpc) is 3.34. The predicted molar refractivity (Wildman–Crippen MR) is 112 cm³/mol.